The largest absolute Gasteiger partial charge is 0.493 e. The fourth-order valence-corrected chi connectivity index (χ4v) is 2.70. The summed E-state index contributed by atoms with van der Waals surface area (Å²) in [7, 11) is 1.52. The number of hydrogen-bond donors (Lipinski definition) is 0. The van der Waals surface area contributed by atoms with Gasteiger partial charge in [0.05, 0.1) is 12.1 Å². The second-order valence-corrected chi connectivity index (χ2v) is 6.39. The minimum Gasteiger partial charge on any atom is -0.493 e. The zero-order valence-corrected chi connectivity index (χ0v) is 15.7. The molecule has 0 N–H and O–H groups in total. The molecule has 0 amide bonds. The molecule has 0 saturated carbocycles. The number of halogens is 1. The standard InChI is InChI=1S/C21H18ClNO4/c1-13(2)12-26-19-16(22)9-14(11-18(19)25-3)10-17-21(24)27-20(23-17)15-7-5-4-6-8-15/h4-11H,1,12H2,2-3H3/b17-10-. The van der Waals surface area contributed by atoms with Gasteiger partial charge in [0.1, 0.15) is 6.61 Å². The van der Waals surface area contributed by atoms with Crippen molar-refractivity contribution in [2.75, 3.05) is 13.7 Å². The summed E-state index contributed by atoms with van der Waals surface area (Å²) in [6.07, 6.45) is 1.59. The predicted octanol–water partition coefficient (Wildman–Crippen LogP) is 4.65. The average molecular weight is 384 g/mol. The van der Waals surface area contributed by atoms with Gasteiger partial charge in [-0.05, 0) is 48.4 Å². The van der Waals surface area contributed by atoms with Gasteiger partial charge in [0.2, 0.25) is 5.90 Å². The summed E-state index contributed by atoms with van der Waals surface area (Å²) in [6.45, 7) is 5.98. The molecule has 0 fully saturated rings. The van der Waals surface area contributed by atoms with Gasteiger partial charge in [-0.25, -0.2) is 9.79 Å². The quantitative estimate of drug-likeness (QED) is 0.414. The van der Waals surface area contributed by atoms with Crippen molar-refractivity contribution in [3.05, 3.63) is 76.5 Å². The number of cyclic esters (lactones) is 1. The third-order valence-electron chi connectivity index (χ3n) is 3.66. The molecular formula is C21H18ClNO4. The summed E-state index contributed by atoms with van der Waals surface area (Å²) in [5.41, 5.74) is 2.41. The van der Waals surface area contributed by atoms with E-state index in [4.69, 9.17) is 25.8 Å². The van der Waals surface area contributed by atoms with Crippen LogP contribution in [0.4, 0.5) is 0 Å². The van der Waals surface area contributed by atoms with Crippen LogP contribution < -0.4 is 9.47 Å². The van der Waals surface area contributed by atoms with Crippen molar-refractivity contribution in [1.82, 2.24) is 0 Å². The Morgan fingerprint density at radius 1 is 1.30 bits per heavy atom. The highest BCUT2D eigenvalue weighted by Gasteiger charge is 2.24. The summed E-state index contributed by atoms with van der Waals surface area (Å²) in [5, 5.41) is 0.362. The van der Waals surface area contributed by atoms with Crippen molar-refractivity contribution in [3.8, 4) is 11.5 Å². The van der Waals surface area contributed by atoms with E-state index in [0.717, 1.165) is 11.1 Å². The molecule has 0 aliphatic carbocycles. The number of benzene rings is 2. The molecule has 0 aromatic heterocycles. The Labute approximate surface area is 162 Å². The number of nitrogens with zero attached hydrogens (tertiary/aromatic N) is 1. The van der Waals surface area contributed by atoms with E-state index in [1.807, 2.05) is 37.3 Å². The fourth-order valence-electron chi connectivity index (χ4n) is 2.43. The highest BCUT2D eigenvalue weighted by Crippen LogP contribution is 2.37. The molecule has 5 nitrogen and oxygen atoms in total. The van der Waals surface area contributed by atoms with Crippen LogP contribution in [0, 0.1) is 0 Å². The first kappa shape index (κ1) is 18.7. The monoisotopic (exact) mass is 383 g/mol. The molecule has 138 valence electrons. The molecule has 0 spiro atoms. The van der Waals surface area contributed by atoms with Gasteiger partial charge in [-0.3, -0.25) is 0 Å². The minimum atomic E-state index is -0.522. The molecule has 0 atom stereocenters. The van der Waals surface area contributed by atoms with Gasteiger partial charge in [0, 0.05) is 5.56 Å². The zero-order valence-electron chi connectivity index (χ0n) is 15.0. The highest BCUT2D eigenvalue weighted by atomic mass is 35.5. The molecule has 1 aliphatic rings. The predicted molar refractivity (Wildman–Crippen MR) is 105 cm³/mol. The van der Waals surface area contributed by atoms with Crippen molar-refractivity contribution >= 4 is 29.5 Å². The molecule has 3 rings (SSSR count). The second kappa shape index (κ2) is 8.10. The van der Waals surface area contributed by atoms with E-state index in [1.165, 1.54) is 7.11 Å². The lowest BCUT2D eigenvalue weighted by molar-refractivity contribution is -0.129. The van der Waals surface area contributed by atoms with Crippen LogP contribution in [0.3, 0.4) is 0 Å². The molecule has 0 saturated heterocycles. The van der Waals surface area contributed by atoms with Crippen LogP contribution in [0.1, 0.15) is 18.1 Å². The molecule has 2 aromatic carbocycles. The van der Waals surface area contributed by atoms with E-state index in [9.17, 15) is 4.79 Å². The minimum absolute atomic E-state index is 0.183. The SMILES string of the molecule is C=C(C)COc1c(Cl)cc(/C=C2\N=C(c3ccccc3)OC2=O)cc1OC. The summed E-state index contributed by atoms with van der Waals surface area (Å²) in [4.78, 5) is 16.4. The number of methoxy groups -OCH3 is 1. The Hall–Kier alpha value is -3.05. The van der Waals surface area contributed by atoms with E-state index in [0.29, 0.717) is 28.7 Å². The van der Waals surface area contributed by atoms with E-state index in [-0.39, 0.29) is 11.6 Å². The van der Waals surface area contributed by atoms with Gasteiger partial charge in [-0.2, -0.15) is 0 Å². The summed E-state index contributed by atoms with van der Waals surface area (Å²) in [5.74, 6) is 0.624. The molecule has 2 aromatic rings. The maximum Gasteiger partial charge on any atom is 0.363 e. The molecule has 0 unspecified atom stereocenters. The number of carbonyl (C=O) groups excluding carboxylic acids is 1. The first-order valence-electron chi connectivity index (χ1n) is 8.20. The van der Waals surface area contributed by atoms with Gasteiger partial charge in [0.25, 0.3) is 0 Å². The van der Waals surface area contributed by atoms with Crippen LogP contribution in [0.15, 0.2) is 65.3 Å². The number of aliphatic imine (C=N–C) groups is 1. The Balaban J connectivity index is 1.92. The van der Waals surface area contributed by atoms with Crippen LogP contribution in [0.2, 0.25) is 5.02 Å². The summed E-state index contributed by atoms with van der Waals surface area (Å²) in [6, 6.07) is 12.6. The second-order valence-electron chi connectivity index (χ2n) is 5.98. The third-order valence-corrected chi connectivity index (χ3v) is 3.94. The van der Waals surface area contributed by atoms with Crippen molar-refractivity contribution in [3.63, 3.8) is 0 Å². The molecular weight excluding hydrogens is 366 g/mol. The number of esters is 1. The number of hydrogen-bond acceptors (Lipinski definition) is 5. The third kappa shape index (κ3) is 4.38. The Morgan fingerprint density at radius 3 is 2.70 bits per heavy atom. The van der Waals surface area contributed by atoms with Gasteiger partial charge in [-0.1, -0.05) is 36.4 Å². The van der Waals surface area contributed by atoms with E-state index < -0.39 is 5.97 Å². The summed E-state index contributed by atoms with van der Waals surface area (Å²) < 4.78 is 16.3. The van der Waals surface area contributed by atoms with Gasteiger partial charge < -0.3 is 14.2 Å². The lowest BCUT2D eigenvalue weighted by Crippen LogP contribution is -2.05. The molecule has 0 radical (unpaired) electrons. The Bertz CT molecular complexity index is 948. The normalized spacial score (nSPS) is 14.7. The first-order chi connectivity index (χ1) is 13.0. The van der Waals surface area contributed by atoms with Crippen molar-refractivity contribution < 1.29 is 19.0 Å². The number of rotatable bonds is 6. The Kier molecular flexibility index (Phi) is 5.62. The van der Waals surface area contributed by atoms with Gasteiger partial charge >= 0.3 is 5.97 Å². The lowest BCUT2D eigenvalue weighted by atomic mass is 10.1. The average Bonchev–Trinajstić information content (AvgIpc) is 3.01. The van der Waals surface area contributed by atoms with Gasteiger partial charge in [0.15, 0.2) is 17.2 Å². The number of ether oxygens (including phenoxy) is 3. The number of carbonyl (C=O) groups is 1. The van der Waals surface area contributed by atoms with Gasteiger partial charge in [-0.15, -0.1) is 0 Å². The van der Waals surface area contributed by atoms with E-state index in [2.05, 4.69) is 11.6 Å². The maximum atomic E-state index is 12.1. The van der Waals surface area contributed by atoms with E-state index in [1.54, 1.807) is 18.2 Å². The highest BCUT2D eigenvalue weighted by molar-refractivity contribution is 6.32. The van der Waals surface area contributed by atoms with Crippen molar-refractivity contribution in [1.29, 1.82) is 0 Å². The Morgan fingerprint density at radius 2 is 2.04 bits per heavy atom. The fraction of sp³-hybridized carbons (Fsp3) is 0.143. The molecule has 1 heterocycles. The smallest absolute Gasteiger partial charge is 0.363 e. The molecule has 6 heteroatoms. The lowest BCUT2D eigenvalue weighted by Gasteiger charge is -2.13. The van der Waals surface area contributed by atoms with Crippen molar-refractivity contribution in [2.45, 2.75) is 6.92 Å². The van der Waals surface area contributed by atoms with E-state index >= 15 is 0 Å². The summed E-state index contributed by atoms with van der Waals surface area (Å²) >= 11 is 6.33. The molecule has 1 aliphatic heterocycles. The first-order valence-corrected chi connectivity index (χ1v) is 8.58. The molecule has 27 heavy (non-hydrogen) atoms. The van der Waals surface area contributed by atoms with Crippen LogP contribution in [0.5, 0.6) is 11.5 Å². The van der Waals surface area contributed by atoms with Crippen LogP contribution in [-0.4, -0.2) is 25.6 Å². The van der Waals surface area contributed by atoms with Crippen LogP contribution >= 0.6 is 11.6 Å². The van der Waals surface area contributed by atoms with Crippen LogP contribution in [-0.2, 0) is 9.53 Å². The zero-order chi connectivity index (χ0) is 19.4. The topological polar surface area (TPSA) is 57.1 Å². The van der Waals surface area contributed by atoms with Crippen LogP contribution in [0.25, 0.3) is 6.08 Å². The van der Waals surface area contributed by atoms with Crippen molar-refractivity contribution in [2.24, 2.45) is 4.99 Å². The molecule has 0 bridgehead atoms. The maximum absolute atomic E-state index is 12.1.